The molecule has 4 rings (SSSR count). The monoisotopic (exact) mass is 311 g/mol. The third-order valence-electron chi connectivity index (χ3n) is 4.90. The van der Waals surface area contributed by atoms with Gasteiger partial charge in [0, 0.05) is 43.9 Å². The van der Waals surface area contributed by atoms with Gasteiger partial charge in [0.25, 0.3) is 11.5 Å². The molecule has 6 nitrogen and oxygen atoms in total. The fourth-order valence-corrected chi connectivity index (χ4v) is 3.60. The van der Waals surface area contributed by atoms with Crippen LogP contribution >= 0.6 is 0 Å². The first-order chi connectivity index (χ1) is 11.0. The molecule has 2 saturated heterocycles. The number of nitrogens with zero attached hydrogens (tertiary/aromatic N) is 2. The van der Waals surface area contributed by atoms with Crippen molar-refractivity contribution >= 4 is 22.6 Å². The Morgan fingerprint density at radius 3 is 2.65 bits per heavy atom. The summed E-state index contributed by atoms with van der Waals surface area (Å²) in [6.07, 6.45) is 0.480. The second-order valence-corrected chi connectivity index (χ2v) is 6.60. The zero-order valence-electron chi connectivity index (χ0n) is 12.8. The maximum absolute atomic E-state index is 12.7. The van der Waals surface area contributed by atoms with Crippen LogP contribution in [0.1, 0.15) is 16.9 Å². The van der Waals surface area contributed by atoms with Crippen molar-refractivity contribution in [3.8, 4) is 0 Å². The van der Waals surface area contributed by atoms with Gasteiger partial charge in [0.1, 0.15) is 5.69 Å². The molecule has 0 radical (unpaired) electrons. The van der Waals surface area contributed by atoms with E-state index >= 15 is 0 Å². The minimum absolute atomic E-state index is 0.0511. The van der Waals surface area contributed by atoms with E-state index in [1.54, 1.807) is 24.1 Å². The number of benzene rings is 1. The summed E-state index contributed by atoms with van der Waals surface area (Å²) < 4.78 is 1.41. The Labute approximate surface area is 132 Å². The molecule has 6 heteroatoms. The van der Waals surface area contributed by atoms with Gasteiger partial charge in [0.05, 0.1) is 0 Å². The first kappa shape index (κ1) is 14.0. The van der Waals surface area contributed by atoms with Crippen LogP contribution in [-0.2, 0) is 11.8 Å². The minimum Gasteiger partial charge on any atom is -0.355 e. The van der Waals surface area contributed by atoms with Crippen LogP contribution in [0.25, 0.3) is 10.8 Å². The van der Waals surface area contributed by atoms with Gasteiger partial charge in [-0.25, -0.2) is 0 Å². The Bertz CT molecular complexity index is 894. The molecule has 2 amide bonds. The highest BCUT2D eigenvalue weighted by atomic mass is 16.2. The predicted octanol–water partition coefficient (Wildman–Crippen LogP) is 0.501. The largest absolute Gasteiger partial charge is 0.355 e. The van der Waals surface area contributed by atoms with Gasteiger partial charge in [-0.3, -0.25) is 14.4 Å². The van der Waals surface area contributed by atoms with E-state index in [1.807, 2.05) is 18.2 Å². The fourth-order valence-electron chi connectivity index (χ4n) is 3.60. The van der Waals surface area contributed by atoms with Crippen molar-refractivity contribution in [2.45, 2.75) is 6.42 Å². The lowest BCUT2D eigenvalue weighted by Crippen LogP contribution is -2.59. The molecule has 2 aromatic rings. The molecule has 3 heterocycles. The number of hydrogen-bond acceptors (Lipinski definition) is 3. The molecule has 2 aliphatic rings. The van der Waals surface area contributed by atoms with E-state index in [2.05, 4.69) is 5.32 Å². The number of aromatic nitrogens is 1. The van der Waals surface area contributed by atoms with Gasteiger partial charge in [0.15, 0.2) is 0 Å². The quantitative estimate of drug-likeness (QED) is 0.834. The van der Waals surface area contributed by atoms with E-state index in [4.69, 9.17) is 0 Å². The molecule has 1 spiro atoms. The first-order valence-electron chi connectivity index (χ1n) is 7.64. The molecule has 1 aromatic heterocycles. The zero-order chi connectivity index (χ0) is 16.2. The van der Waals surface area contributed by atoms with Crippen molar-refractivity contribution in [1.82, 2.24) is 14.8 Å². The zero-order valence-corrected chi connectivity index (χ0v) is 12.8. The highest BCUT2D eigenvalue weighted by Gasteiger charge is 2.50. The summed E-state index contributed by atoms with van der Waals surface area (Å²) in [7, 11) is 1.62. The standard InChI is InChI=1S/C17H17N3O3/c1-19-13(6-11-4-2-3-5-12(11)15(19)22)16(23)20-9-17(10-20)7-14(21)18-8-17/h2-6H,7-10H2,1H3,(H,18,21). The highest BCUT2D eigenvalue weighted by Crippen LogP contribution is 2.37. The first-order valence-corrected chi connectivity index (χ1v) is 7.64. The van der Waals surface area contributed by atoms with E-state index in [1.165, 1.54) is 4.57 Å². The molecule has 118 valence electrons. The number of amides is 2. The Kier molecular flexibility index (Phi) is 2.85. The molecule has 23 heavy (non-hydrogen) atoms. The molecule has 2 fully saturated rings. The van der Waals surface area contributed by atoms with E-state index in [0.29, 0.717) is 37.1 Å². The van der Waals surface area contributed by atoms with Gasteiger partial charge < -0.3 is 14.8 Å². The number of carbonyl (C=O) groups excluding carboxylic acids is 2. The average molecular weight is 311 g/mol. The number of fused-ring (bicyclic) bond motifs is 1. The molecule has 1 N–H and O–H groups in total. The second kappa shape index (κ2) is 4.68. The number of likely N-dealkylation sites (tertiary alicyclic amines) is 1. The number of pyridine rings is 1. The molecule has 1 aromatic carbocycles. The lowest BCUT2D eigenvalue weighted by atomic mass is 9.79. The Morgan fingerprint density at radius 1 is 1.22 bits per heavy atom. The summed E-state index contributed by atoms with van der Waals surface area (Å²) in [5.74, 6) is -0.101. The van der Waals surface area contributed by atoms with Gasteiger partial charge in [-0.2, -0.15) is 0 Å². The summed E-state index contributed by atoms with van der Waals surface area (Å²) in [5, 5.41) is 4.20. The molecular formula is C17H17N3O3. The van der Waals surface area contributed by atoms with E-state index in [9.17, 15) is 14.4 Å². The van der Waals surface area contributed by atoms with E-state index < -0.39 is 0 Å². The highest BCUT2D eigenvalue weighted by molar-refractivity contribution is 5.97. The van der Waals surface area contributed by atoms with Crippen LogP contribution in [0.15, 0.2) is 35.1 Å². The Hall–Kier alpha value is -2.63. The number of rotatable bonds is 1. The lowest BCUT2D eigenvalue weighted by molar-refractivity contribution is -0.120. The summed E-state index contributed by atoms with van der Waals surface area (Å²) in [6.45, 7) is 1.75. The summed E-state index contributed by atoms with van der Waals surface area (Å²) in [5.41, 5.74) is 0.114. The molecule has 2 aliphatic heterocycles. The van der Waals surface area contributed by atoms with Crippen molar-refractivity contribution in [1.29, 1.82) is 0 Å². The van der Waals surface area contributed by atoms with Gasteiger partial charge in [-0.15, -0.1) is 0 Å². The van der Waals surface area contributed by atoms with Crippen LogP contribution < -0.4 is 10.9 Å². The number of carbonyl (C=O) groups is 2. The maximum atomic E-state index is 12.7. The van der Waals surface area contributed by atoms with Crippen LogP contribution in [-0.4, -0.2) is 40.9 Å². The number of nitrogens with one attached hydrogen (secondary N) is 1. The maximum Gasteiger partial charge on any atom is 0.270 e. The van der Waals surface area contributed by atoms with Crippen LogP contribution in [0, 0.1) is 5.41 Å². The average Bonchev–Trinajstić information content (AvgIpc) is 2.91. The third-order valence-corrected chi connectivity index (χ3v) is 4.90. The molecule has 0 saturated carbocycles. The van der Waals surface area contributed by atoms with Crippen LogP contribution in [0.3, 0.4) is 0 Å². The molecule has 0 bridgehead atoms. The third kappa shape index (κ3) is 2.05. The minimum atomic E-state index is -0.167. The topological polar surface area (TPSA) is 71.4 Å². The number of hydrogen-bond donors (Lipinski definition) is 1. The van der Waals surface area contributed by atoms with E-state index in [0.717, 1.165) is 5.39 Å². The van der Waals surface area contributed by atoms with Crippen molar-refractivity contribution in [2.24, 2.45) is 12.5 Å². The Balaban J connectivity index is 1.65. The molecular weight excluding hydrogens is 294 g/mol. The summed E-state index contributed by atoms with van der Waals surface area (Å²) in [4.78, 5) is 38.2. The predicted molar refractivity (Wildman–Crippen MR) is 85.2 cm³/mol. The SMILES string of the molecule is Cn1c(C(=O)N2CC3(CNC(=O)C3)C2)cc2ccccc2c1=O. The van der Waals surface area contributed by atoms with Crippen LogP contribution in [0.5, 0.6) is 0 Å². The summed E-state index contributed by atoms with van der Waals surface area (Å²) >= 11 is 0. The van der Waals surface area contributed by atoms with Gasteiger partial charge in [-0.05, 0) is 17.5 Å². The van der Waals surface area contributed by atoms with Gasteiger partial charge >= 0.3 is 0 Å². The summed E-state index contributed by atoms with van der Waals surface area (Å²) in [6, 6.07) is 9.03. The van der Waals surface area contributed by atoms with Crippen molar-refractivity contribution < 1.29 is 9.59 Å². The molecule has 0 atom stereocenters. The molecule has 0 aliphatic carbocycles. The van der Waals surface area contributed by atoms with Crippen LogP contribution in [0.2, 0.25) is 0 Å². The smallest absolute Gasteiger partial charge is 0.270 e. The molecule has 0 unspecified atom stereocenters. The van der Waals surface area contributed by atoms with E-state index in [-0.39, 0.29) is 22.8 Å². The van der Waals surface area contributed by atoms with Crippen molar-refractivity contribution in [3.63, 3.8) is 0 Å². The van der Waals surface area contributed by atoms with Crippen molar-refractivity contribution in [2.75, 3.05) is 19.6 Å². The van der Waals surface area contributed by atoms with Gasteiger partial charge in [-0.1, -0.05) is 18.2 Å². The normalized spacial score (nSPS) is 19.0. The second-order valence-electron chi connectivity index (χ2n) is 6.60. The van der Waals surface area contributed by atoms with Crippen molar-refractivity contribution in [3.05, 3.63) is 46.4 Å². The fraction of sp³-hybridized carbons (Fsp3) is 0.353. The Morgan fingerprint density at radius 2 is 1.96 bits per heavy atom. The van der Waals surface area contributed by atoms with Gasteiger partial charge in [0.2, 0.25) is 5.91 Å². The lowest BCUT2D eigenvalue weighted by Gasteiger charge is -2.47. The van der Waals surface area contributed by atoms with Crippen LogP contribution in [0.4, 0.5) is 0 Å².